The fourth-order valence-electron chi connectivity index (χ4n) is 1.87. The monoisotopic (exact) mass is 375 g/mol. The fourth-order valence-corrected chi connectivity index (χ4v) is 2.24. The molecule has 0 saturated carbocycles. The van der Waals surface area contributed by atoms with E-state index in [9.17, 15) is 14.4 Å². The molecule has 0 heterocycles. The fraction of sp³-hybridized carbons (Fsp3) is 0.438. The molecular weight excluding hydrogens is 357 g/mol. The average Bonchev–Trinajstić information content (AvgIpc) is 2.58. The van der Waals surface area contributed by atoms with Crippen LogP contribution in [-0.2, 0) is 19.1 Å². The molecule has 6 nitrogen and oxygen atoms in total. The molecule has 0 spiro atoms. The molecule has 24 heavy (non-hydrogen) atoms. The van der Waals surface area contributed by atoms with Crippen LogP contribution in [0.2, 0.25) is 10.0 Å². The molecule has 0 aromatic heterocycles. The van der Waals surface area contributed by atoms with Crippen molar-refractivity contribution in [2.75, 3.05) is 13.7 Å². The second kappa shape index (κ2) is 9.49. The first-order valence-corrected chi connectivity index (χ1v) is 8.05. The van der Waals surface area contributed by atoms with Crippen LogP contribution in [0.15, 0.2) is 18.2 Å². The molecule has 0 bridgehead atoms. The summed E-state index contributed by atoms with van der Waals surface area (Å²) in [6, 6.07) is 3.53. The normalized spacial score (nSPS) is 12.9. The van der Waals surface area contributed by atoms with Crippen molar-refractivity contribution in [3.8, 4) is 0 Å². The van der Waals surface area contributed by atoms with E-state index in [4.69, 9.17) is 27.9 Å². The maximum Gasteiger partial charge on any atom is 0.340 e. The van der Waals surface area contributed by atoms with Crippen molar-refractivity contribution in [1.82, 2.24) is 5.32 Å². The first-order valence-electron chi connectivity index (χ1n) is 7.29. The summed E-state index contributed by atoms with van der Waals surface area (Å²) < 4.78 is 9.57. The van der Waals surface area contributed by atoms with Crippen molar-refractivity contribution in [1.29, 1.82) is 0 Å². The molecule has 0 aliphatic carbocycles. The number of hydrogen-bond donors (Lipinski definition) is 1. The number of methoxy groups -OCH3 is 1. The number of benzene rings is 1. The Kier molecular flexibility index (Phi) is 8.01. The van der Waals surface area contributed by atoms with Gasteiger partial charge in [0, 0.05) is 5.02 Å². The number of hydrogen-bond acceptors (Lipinski definition) is 5. The molecule has 2 atom stereocenters. The van der Waals surface area contributed by atoms with Crippen molar-refractivity contribution >= 4 is 41.0 Å². The summed E-state index contributed by atoms with van der Waals surface area (Å²) in [5.41, 5.74) is 0.0587. The van der Waals surface area contributed by atoms with Gasteiger partial charge in [-0.1, -0.05) is 43.5 Å². The molecule has 0 radical (unpaired) electrons. The largest absolute Gasteiger partial charge is 0.467 e. The Morgan fingerprint density at radius 2 is 1.92 bits per heavy atom. The number of esters is 2. The highest BCUT2D eigenvalue weighted by molar-refractivity contribution is 6.35. The lowest BCUT2D eigenvalue weighted by atomic mass is 9.99. The number of halogens is 2. The summed E-state index contributed by atoms with van der Waals surface area (Å²) in [5.74, 6) is -2.07. The Bertz CT molecular complexity index is 620. The van der Waals surface area contributed by atoms with Gasteiger partial charge >= 0.3 is 11.9 Å². The quantitative estimate of drug-likeness (QED) is 0.740. The van der Waals surface area contributed by atoms with Gasteiger partial charge in [-0.05, 0) is 24.1 Å². The van der Waals surface area contributed by atoms with Crippen molar-refractivity contribution < 1.29 is 23.9 Å². The van der Waals surface area contributed by atoms with Crippen LogP contribution in [0.25, 0.3) is 0 Å². The van der Waals surface area contributed by atoms with Gasteiger partial charge in [-0.3, -0.25) is 4.79 Å². The third kappa shape index (κ3) is 5.69. The lowest BCUT2D eigenvalue weighted by molar-refractivity contribution is -0.147. The van der Waals surface area contributed by atoms with Gasteiger partial charge in [0.25, 0.3) is 5.91 Å². The zero-order valence-electron chi connectivity index (χ0n) is 13.6. The van der Waals surface area contributed by atoms with Gasteiger partial charge in [-0.2, -0.15) is 0 Å². The van der Waals surface area contributed by atoms with E-state index in [0.717, 1.165) is 0 Å². The molecule has 8 heteroatoms. The highest BCUT2D eigenvalue weighted by Crippen LogP contribution is 2.21. The first kappa shape index (κ1) is 20.3. The molecular formula is C16H19Cl2NO5. The van der Waals surface area contributed by atoms with E-state index in [1.807, 2.05) is 6.92 Å². The number of ether oxygens (including phenoxy) is 2. The summed E-state index contributed by atoms with van der Waals surface area (Å²) in [4.78, 5) is 35.6. The standard InChI is InChI=1S/C16H19Cl2NO5/c1-4-9(2)14(16(22)23-3)19-13(20)8-24-15(21)11-7-10(17)5-6-12(11)18/h5-7,9,14H,4,8H2,1-3H3,(H,19,20). The van der Waals surface area contributed by atoms with Gasteiger partial charge in [0.2, 0.25) is 0 Å². The van der Waals surface area contributed by atoms with Crippen LogP contribution in [0.5, 0.6) is 0 Å². The van der Waals surface area contributed by atoms with Crippen molar-refractivity contribution in [3.05, 3.63) is 33.8 Å². The molecule has 1 N–H and O–H groups in total. The lowest BCUT2D eigenvalue weighted by Crippen LogP contribution is -2.47. The molecule has 1 aromatic rings. The predicted molar refractivity (Wildman–Crippen MR) is 90.1 cm³/mol. The molecule has 0 saturated heterocycles. The van der Waals surface area contributed by atoms with Crippen LogP contribution in [0.3, 0.4) is 0 Å². The van der Waals surface area contributed by atoms with Gasteiger partial charge in [-0.25, -0.2) is 9.59 Å². The minimum Gasteiger partial charge on any atom is -0.467 e. The van der Waals surface area contributed by atoms with Crippen LogP contribution in [0.4, 0.5) is 0 Å². The van der Waals surface area contributed by atoms with Crippen molar-refractivity contribution in [2.24, 2.45) is 5.92 Å². The van der Waals surface area contributed by atoms with Crippen LogP contribution in [0, 0.1) is 5.92 Å². The van der Waals surface area contributed by atoms with E-state index in [1.54, 1.807) is 6.92 Å². The second-order valence-electron chi connectivity index (χ2n) is 5.15. The van der Waals surface area contributed by atoms with Crippen molar-refractivity contribution in [3.63, 3.8) is 0 Å². The Hall–Kier alpha value is -1.79. The third-order valence-electron chi connectivity index (χ3n) is 3.47. The number of carbonyl (C=O) groups excluding carboxylic acids is 3. The third-order valence-corrected chi connectivity index (χ3v) is 4.03. The summed E-state index contributed by atoms with van der Waals surface area (Å²) in [6.45, 7) is 3.14. The minimum absolute atomic E-state index is 0.0587. The summed E-state index contributed by atoms with van der Waals surface area (Å²) >= 11 is 11.7. The van der Waals surface area contributed by atoms with Gasteiger partial charge in [-0.15, -0.1) is 0 Å². The zero-order valence-corrected chi connectivity index (χ0v) is 15.1. The highest BCUT2D eigenvalue weighted by Gasteiger charge is 2.27. The van der Waals surface area contributed by atoms with Crippen LogP contribution < -0.4 is 5.32 Å². The maximum atomic E-state index is 12.0. The topological polar surface area (TPSA) is 81.7 Å². The van der Waals surface area contributed by atoms with Gasteiger partial charge in [0.05, 0.1) is 17.7 Å². The maximum absolute atomic E-state index is 12.0. The molecule has 1 rings (SSSR count). The Labute approximate surface area is 150 Å². The van der Waals surface area contributed by atoms with Gasteiger partial charge < -0.3 is 14.8 Å². The average molecular weight is 376 g/mol. The van der Waals surface area contributed by atoms with Gasteiger partial charge in [0.15, 0.2) is 6.61 Å². The van der Waals surface area contributed by atoms with E-state index in [-0.39, 0.29) is 16.5 Å². The Morgan fingerprint density at radius 1 is 1.25 bits per heavy atom. The molecule has 1 amide bonds. The molecule has 2 unspecified atom stereocenters. The van der Waals surface area contributed by atoms with E-state index in [2.05, 4.69) is 10.1 Å². The summed E-state index contributed by atoms with van der Waals surface area (Å²) in [7, 11) is 1.24. The van der Waals surface area contributed by atoms with E-state index >= 15 is 0 Å². The molecule has 0 aliphatic heterocycles. The Morgan fingerprint density at radius 3 is 2.50 bits per heavy atom. The zero-order chi connectivity index (χ0) is 18.3. The van der Waals surface area contributed by atoms with Crippen LogP contribution in [-0.4, -0.2) is 37.6 Å². The van der Waals surface area contributed by atoms with Crippen LogP contribution >= 0.6 is 23.2 Å². The van der Waals surface area contributed by atoms with E-state index < -0.39 is 30.5 Å². The predicted octanol–water partition coefficient (Wildman–Crippen LogP) is 2.85. The van der Waals surface area contributed by atoms with Crippen LogP contribution in [0.1, 0.15) is 30.6 Å². The SMILES string of the molecule is CCC(C)C(NC(=O)COC(=O)c1cc(Cl)ccc1Cl)C(=O)OC. The molecule has 0 fully saturated rings. The molecule has 1 aromatic carbocycles. The number of rotatable bonds is 7. The lowest BCUT2D eigenvalue weighted by Gasteiger charge is -2.21. The van der Waals surface area contributed by atoms with Gasteiger partial charge in [0.1, 0.15) is 6.04 Å². The minimum atomic E-state index is -0.805. The smallest absolute Gasteiger partial charge is 0.340 e. The second-order valence-corrected chi connectivity index (χ2v) is 6.00. The molecule has 0 aliphatic rings. The van der Waals surface area contributed by atoms with E-state index in [0.29, 0.717) is 11.4 Å². The number of nitrogens with one attached hydrogen (secondary N) is 1. The van der Waals surface area contributed by atoms with Crippen molar-refractivity contribution in [2.45, 2.75) is 26.3 Å². The first-order chi connectivity index (χ1) is 11.3. The Balaban J connectivity index is 2.66. The summed E-state index contributed by atoms with van der Waals surface area (Å²) in [5, 5.41) is 2.98. The highest BCUT2D eigenvalue weighted by atomic mass is 35.5. The number of amides is 1. The summed E-state index contributed by atoms with van der Waals surface area (Å²) in [6.07, 6.45) is 0.665. The van der Waals surface area contributed by atoms with E-state index in [1.165, 1.54) is 25.3 Å². The number of carbonyl (C=O) groups is 3. The molecule has 132 valence electrons.